The molecular formula is C16H20N4O. The van der Waals surface area contributed by atoms with Crippen LogP contribution in [0.2, 0.25) is 0 Å². The van der Waals surface area contributed by atoms with Crippen LogP contribution in [0.25, 0.3) is 0 Å². The first-order valence-electron chi connectivity index (χ1n) is 7.32. The highest BCUT2D eigenvalue weighted by molar-refractivity contribution is 5.50. The lowest BCUT2D eigenvalue weighted by Gasteiger charge is -2.24. The van der Waals surface area contributed by atoms with E-state index in [4.69, 9.17) is 10.5 Å². The molecular weight excluding hydrogens is 264 g/mol. The third kappa shape index (κ3) is 3.24. The van der Waals surface area contributed by atoms with Gasteiger partial charge in [0.2, 0.25) is 5.88 Å². The largest absolute Gasteiger partial charge is 0.477 e. The molecule has 0 saturated heterocycles. The zero-order valence-corrected chi connectivity index (χ0v) is 12.2. The van der Waals surface area contributed by atoms with Crippen molar-refractivity contribution in [3.8, 4) is 5.88 Å². The lowest BCUT2D eigenvalue weighted by Crippen LogP contribution is -2.26. The van der Waals surface area contributed by atoms with Crippen molar-refractivity contribution in [3.63, 3.8) is 0 Å². The number of hydrogen-bond donors (Lipinski definition) is 1. The molecule has 3 rings (SSSR count). The number of nitrogen functional groups attached to an aromatic ring is 1. The highest BCUT2D eigenvalue weighted by Crippen LogP contribution is 2.33. The summed E-state index contributed by atoms with van der Waals surface area (Å²) in [7, 11) is 0. The number of benzene rings is 1. The van der Waals surface area contributed by atoms with Crippen molar-refractivity contribution in [1.29, 1.82) is 0 Å². The van der Waals surface area contributed by atoms with E-state index in [1.165, 1.54) is 12.8 Å². The Labute approximate surface area is 124 Å². The van der Waals surface area contributed by atoms with Crippen molar-refractivity contribution in [1.82, 2.24) is 9.97 Å². The van der Waals surface area contributed by atoms with Crippen LogP contribution >= 0.6 is 0 Å². The lowest BCUT2D eigenvalue weighted by molar-refractivity contribution is 0.325. The average molecular weight is 284 g/mol. The van der Waals surface area contributed by atoms with Gasteiger partial charge >= 0.3 is 0 Å². The molecule has 0 spiro atoms. The fourth-order valence-corrected chi connectivity index (χ4v) is 2.34. The maximum Gasteiger partial charge on any atom is 0.234 e. The first kappa shape index (κ1) is 13.7. The summed E-state index contributed by atoms with van der Waals surface area (Å²) in [6.45, 7) is 3.28. The summed E-state index contributed by atoms with van der Waals surface area (Å²) in [5.41, 5.74) is 7.99. The minimum absolute atomic E-state index is 0.524. The number of aromatic nitrogens is 2. The van der Waals surface area contributed by atoms with E-state index in [2.05, 4.69) is 20.9 Å². The second-order valence-electron chi connectivity index (χ2n) is 5.21. The molecule has 5 nitrogen and oxygen atoms in total. The predicted octanol–water partition coefficient (Wildman–Crippen LogP) is 2.63. The monoisotopic (exact) mass is 284 g/mol. The third-order valence-electron chi connectivity index (χ3n) is 3.57. The summed E-state index contributed by atoms with van der Waals surface area (Å²) in [5, 5.41) is 0. The molecule has 0 aliphatic heterocycles. The van der Waals surface area contributed by atoms with Crippen LogP contribution in [-0.4, -0.2) is 22.6 Å². The predicted molar refractivity (Wildman–Crippen MR) is 83.3 cm³/mol. The van der Waals surface area contributed by atoms with Crippen molar-refractivity contribution in [3.05, 3.63) is 42.2 Å². The molecule has 0 atom stereocenters. The number of para-hydroxylation sites is 1. The van der Waals surface area contributed by atoms with Gasteiger partial charge in [-0.15, -0.1) is 0 Å². The molecule has 5 heteroatoms. The van der Waals surface area contributed by atoms with Gasteiger partial charge in [-0.2, -0.15) is 4.98 Å². The minimum atomic E-state index is 0.524. The summed E-state index contributed by atoms with van der Waals surface area (Å²) < 4.78 is 5.45. The Morgan fingerprint density at radius 2 is 2.10 bits per heavy atom. The Hall–Kier alpha value is -2.30. The van der Waals surface area contributed by atoms with Crippen LogP contribution in [0, 0.1) is 0 Å². The number of ether oxygens (including phenoxy) is 1. The Bertz CT molecular complexity index is 613. The highest BCUT2D eigenvalue weighted by Gasteiger charge is 2.30. The molecule has 1 aromatic carbocycles. The molecule has 2 N–H and O–H groups in total. The van der Waals surface area contributed by atoms with Gasteiger partial charge in [0, 0.05) is 18.3 Å². The van der Waals surface area contributed by atoms with Gasteiger partial charge in [-0.05, 0) is 31.4 Å². The van der Waals surface area contributed by atoms with Crippen LogP contribution in [0.4, 0.5) is 11.5 Å². The van der Waals surface area contributed by atoms with Crippen molar-refractivity contribution < 1.29 is 4.74 Å². The van der Waals surface area contributed by atoms with Gasteiger partial charge in [0.05, 0.1) is 19.0 Å². The first-order valence-corrected chi connectivity index (χ1v) is 7.32. The number of nitrogens with zero attached hydrogens (tertiary/aromatic N) is 3. The number of nitrogens with two attached hydrogens (primary N) is 1. The summed E-state index contributed by atoms with van der Waals surface area (Å²) in [6.07, 6.45) is 5.81. The molecule has 1 aliphatic rings. The van der Waals surface area contributed by atoms with Gasteiger partial charge in [-0.25, -0.2) is 0 Å². The van der Waals surface area contributed by atoms with E-state index >= 15 is 0 Å². The van der Waals surface area contributed by atoms with Gasteiger partial charge in [0.15, 0.2) is 5.82 Å². The van der Waals surface area contributed by atoms with E-state index in [-0.39, 0.29) is 0 Å². The fourth-order valence-electron chi connectivity index (χ4n) is 2.34. The molecule has 1 aliphatic carbocycles. The molecule has 110 valence electrons. The molecule has 21 heavy (non-hydrogen) atoms. The number of rotatable bonds is 6. The molecule has 0 unspecified atom stereocenters. The van der Waals surface area contributed by atoms with Gasteiger partial charge in [0.1, 0.15) is 0 Å². The quantitative estimate of drug-likeness (QED) is 0.826. The standard InChI is InChI=1S/C16H20N4O/c1-2-21-16-10-18-9-15(19-16)20(13-7-8-13)11-12-5-3-4-6-14(12)17/h3-6,9-10,13H,2,7-8,11,17H2,1H3. The van der Waals surface area contributed by atoms with Crippen LogP contribution in [0.3, 0.4) is 0 Å². The molecule has 1 fully saturated rings. The topological polar surface area (TPSA) is 64.3 Å². The Morgan fingerprint density at radius 1 is 1.29 bits per heavy atom. The molecule has 1 saturated carbocycles. The van der Waals surface area contributed by atoms with E-state index in [9.17, 15) is 0 Å². The lowest BCUT2D eigenvalue weighted by atomic mass is 10.1. The van der Waals surface area contributed by atoms with Crippen molar-refractivity contribution in [2.75, 3.05) is 17.2 Å². The van der Waals surface area contributed by atoms with Crippen LogP contribution in [0.15, 0.2) is 36.7 Å². The summed E-state index contributed by atoms with van der Waals surface area (Å²) in [5.74, 6) is 1.42. The zero-order chi connectivity index (χ0) is 14.7. The number of hydrogen-bond acceptors (Lipinski definition) is 5. The fraction of sp³-hybridized carbons (Fsp3) is 0.375. The second-order valence-corrected chi connectivity index (χ2v) is 5.21. The Balaban J connectivity index is 1.85. The first-order chi connectivity index (χ1) is 10.3. The van der Waals surface area contributed by atoms with Crippen LogP contribution in [0.5, 0.6) is 5.88 Å². The zero-order valence-electron chi connectivity index (χ0n) is 12.2. The van der Waals surface area contributed by atoms with E-state index in [1.54, 1.807) is 12.4 Å². The van der Waals surface area contributed by atoms with Crippen LogP contribution in [0.1, 0.15) is 25.3 Å². The summed E-state index contributed by atoms with van der Waals surface area (Å²) >= 11 is 0. The number of anilines is 2. The van der Waals surface area contributed by atoms with Crippen molar-refractivity contribution >= 4 is 11.5 Å². The van der Waals surface area contributed by atoms with Gasteiger partial charge in [-0.3, -0.25) is 4.98 Å². The molecule has 1 heterocycles. The Kier molecular flexibility index (Phi) is 3.90. The molecule has 2 aromatic rings. The van der Waals surface area contributed by atoms with E-state index in [1.807, 2.05) is 25.1 Å². The summed E-state index contributed by atoms with van der Waals surface area (Å²) in [4.78, 5) is 11.1. The maximum absolute atomic E-state index is 6.06. The van der Waals surface area contributed by atoms with Crippen molar-refractivity contribution in [2.24, 2.45) is 0 Å². The van der Waals surface area contributed by atoms with Gasteiger partial charge < -0.3 is 15.4 Å². The van der Waals surface area contributed by atoms with Gasteiger partial charge in [-0.1, -0.05) is 18.2 Å². The highest BCUT2D eigenvalue weighted by atomic mass is 16.5. The average Bonchev–Trinajstić information content (AvgIpc) is 3.32. The normalized spacial score (nSPS) is 14.0. The summed E-state index contributed by atoms with van der Waals surface area (Å²) in [6, 6.07) is 8.48. The van der Waals surface area contributed by atoms with E-state index < -0.39 is 0 Å². The smallest absolute Gasteiger partial charge is 0.234 e. The molecule has 0 amide bonds. The van der Waals surface area contributed by atoms with E-state index in [0.29, 0.717) is 18.5 Å². The van der Waals surface area contributed by atoms with Gasteiger partial charge in [0.25, 0.3) is 0 Å². The minimum Gasteiger partial charge on any atom is -0.477 e. The van der Waals surface area contributed by atoms with Crippen LogP contribution < -0.4 is 15.4 Å². The molecule has 0 bridgehead atoms. The van der Waals surface area contributed by atoms with Crippen LogP contribution in [-0.2, 0) is 6.54 Å². The SMILES string of the molecule is CCOc1cncc(N(Cc2ccccc2N)C2CC2)n1. The molecule has 0 radical (unpaired) electrons. The third-order valence-corrected chi connectivity index (χ3v) is 3.57. The maximum atomic E-state index is 6.06. The molecule has 1 aromatic heterocycles. The second kappa shape index (κ2) is 5.99. The van der Waals surface area contributed by atoms with E-state index in [0.717, 1.165) is 23.6 Å². The Morgan fingerprint density at radius 3 is 2.81 bits per heavy atom. The van der Waals surface area contributed by atoms with Crippen molar-refractivity contribution in [2.45, 2.75) is 32.4 Å².